The van der Waals surface area contributed by atoms with Crippen molar-refractivity contribution in [3.63, 3.8) is 0 Å². The van der Waals surface area contributed by atoms with Gasteiger partial charge in [-0.05, 0) is 43.7 Å². The highest BCUT2D eigenvalue weighted by molar-refractivity contribution is 5.48. The molecule has 0 amide bonds. The van der Waals surface area contributed by atoms with E-state index in [-0.39, 0.29) is 0 Å². The Hall–Kier alpha value is -2.60. The number of aryl methyl sites for hydroxylation is 2. The summed E-state index contributed by atoms with van der Waals surface area (Å²) in [6.45, 7) is 3.83. The molecule has 0 aliphatic rings. The number of benzene rings is 1. The number of aromatic nitrogens is 4. The van der Waals surface area contributed by atoms with E-state index in [0.717, 1.165) is 36.7 Å². The Morgan fingerprint density at radius 3 is 2.56 bits per heavy atom. The second-order valence-electron chi connectivity index (χ2n) is 6.45. The van der Waals surface area contributed by atoms with Gasteiger partial charge in [0.05, 0.1) is 11.4 Å². The van der Waals surface area contributed by atoms with E-state index in [0.29, 0.717) is 0 Å². The summed E-state index contributed by atoms with van der Waals surface area (Å²) >= 11 is 0. The van der Waals surface area contributed by atoms with Crippen molar-refractivity contribution >= 4 is 5.82 Å². The Labute approximate surface area is 149 Å². The van der Waals surface area contributed by atoms with Crippen LogP contribution in [0, 0.1) is 6.92 Å². The van der Waals surface area contributed by atoms with E-state index < -0.39 is 0 Å². The van der Waals surface area contributed by atoms with Crippen LogP contribution in [-0.4, -0.2) is 40.2 Å². The van der Waals surface area contributed by atoms with E-state index in [1.165, 1.54) is 11.1 Å². The van der Waals surface area contributed by atoms with Gasteiger partial charge in [0.25, 0.3) is 0 Å². The maximum atomic E-state index is 4.53. The summed E-state index contributed by atoms with van der Waals surface area (Å²) in [6, 6.07) is 10.5. The molecule has 6 nitrogen and oxygen atoms in total. The smallest absolute Gasteiger partial charge is 0.130 e. The number of nitrogens with zero attached hydrogens (tertiary/aromatic N) is 5. The SMILES string of the molecule is Cc1nn(C)c(N(C)C)c1CNCCc1ccc(-n2cccn2)cc1. The summed E-state index contributed by atoms with van der Waals surface area (Å²) in [6.07, 6.45) is 4.74. The first-order valence-corrected chi connectivity index (χ1v) is 8.55. The van der Waals surface area contributed by atoms with Crippen molar-refractivity contribution in [1.82, 2.24) is 24.9 Å². The van der Waals surface area contributed by atoms with E-state index >= 15 is 0 Å². The monoisotopic (exact) mass is 338 g/mol. The summed E-state index contributed by atoms with van der Waals surface area (Å²) in [5.41, 5.74) is 4.76. The standard InChI is InChI=1S/C19H26N6/c1-15-18(19(23(2)3)24(4)22-15)14-20-12-10-16-6-8-17(9-7-16)25-13-5-11-21-25/h5-9,11,13,20H,10,12,14H2,1-4H3. The van der Waals surface area contributed by atoms with Crippen LogP contribution in [0.4, 0.5) is 5.82 Å². The van der Waals surface area contributed by atoms with Crippen LogP contribution in [0.25, 0.3) is 5.69 Å². The largest absolute Gasteiger partial charge is 0.363 e. The first kappa shape index (κ1) is 17.2. The summed E-state index contributed by atoms with van der Waals surface area (Å²) in [4.78, 5) is 2.12. The topological polar surface area (TPSA) is 50.9 Å². The normalized spacial score (nSPS) is 11.0. The maximum absolute atomic E-state index is 4.53. The fourth-order valence-corrected chi connectivity index (χ4v) is 3.14. The number of hydrogen-bond acceptors (Lipinski definition) is 4. The first-order valence-electron chi connectivity index (χ1n) is 8.55. The lowest BCUT2D eigenvalue weighted by atomic mass is 10.1. The van der Waals surface area contributed by atoms with Crippen LogP contribution >= 0.6 is 0 Å². The fourth-order valence-electron chi connectivity index (χ4n) is 3.14. The minimum absolute atomic E-state index is 0.832. The van der Waals surface area contributed by atoms with Gasteiger partial charge in [-0.15, -0.1) is 0 Å². The average Bonchev–Trinajstić information content (AvgIpc) is 3.20. The molecule has 2 heterocycles. The molecule has 0 bridgehead atoms. The summed E-state index contributed by atoms with van der Waals surface area (Å²) in [5, 5.41) is 12.3. The van der Waals surface area contributed by atoms with Crippen molar-refractivity contribution in [3.05, 3.63) is 59.5 Å². The highest BCUT2D eigenvalue weighted by Gasteiger charge is 2.14. The molecule has 0 saturated heterocycles. The van der Waals surface area contributed by atoms with Gasteiger partial charge in [-0.1, -0.05) is 12.1 Å². The maximum Gasteiger partial charge on any atom is 0.130 e. The van der Waals surface area contributed by atoms with Crippen molar-refractivity contribution in [3.8, 4) is 5.69 Å². The Morgan fingerprint density at radius 1 is 1.16 bits per heavy atom. The third-order valence-electron chi connectivity index (χ3n) is 4.33. The highest BCUT2D eigenvalue weighted by atomic mass is 15.4. The molecule has 1 aromatic carbocycles. The second-order valence-corrected chi connectivity index (χ2v) is 6.45. The molecular weight excluding hydrogens is 312 g/mol. The van der Waals surface area contributed by atoms with Crippen molar-refractivity contribution in [2.24, 2.45) is 7.05 Å². The van der Waals surface area contributed by atoms with Gasteiger partial charge < -0.3 is 10.2 Å². The van der Waals surface area contributed by atoms with E-state index in [9.17, 15) is 0 Å². The van der Waals surface area contributed by atoms with Gasteiger partial charge >= 0.3 is 0 Å². The first-order chi connectivity index (χ1) is 12.1. The Balaban J connectivity index is 1.54. The lowest BCUT2D eigenvalue weighted by molar-refractivity contribution is 0.683. The fraction of sp³-hybridized carbons (Fsp3) is 0.368. The van der Waals surface area contributed by atoms with E-state index in [4.69, 9.17) is 0 Å². The minimum Gasteiger partial charge on any atom is -0.363 e. The third kappa shape index (κ3) is 3.91. The van der Waals surface area contributed by atoms with Crippen LogP contribution in [0.3, 0.4) is 0 Å². The zero-order valence-corrected chi connectivity index (χ0v) is 15.4. The van der Waals surface area contributed by atoms with Crippen LogP contribution in [-0.2, 0) is 20.0 Å². The lowest BCUT2D eigenvalue weighted by Gasteiger charge is -2.15. The number of hydrogen-bond donors (Lipinski definition) is 1. The van der Waals surface area contributed by atoms with Crippen LogP contribution in [0.1, 0.15) is 16.8 Å². The zero-order chi connectivity index (χ0) is 17.8. The number of nitrogens with one attached hydrogen (secondary N) is 1. The molecule has 132 valence electrons. The van der Waals surface area contributed by atoms with Crippen molar-refractivity contribution in [1.29, 1.82) is 0 Å². The second kappa shape index (κ2) is 7.53. The molecular formula is C19H26N6. The van der Waals surface area contributed by atoms with Gasteiger partial charge in [0, 0.05) is 45.6 Å². The minimum atomic E-state index is 0.832. The molecule has 0 aliphatic heterocycles. The van der Waals surface area contributed by atoms with Crippen molar-refractivity contribution < 1.29 is 0 Å². The van der Waals surface area contributed by atoms with Gasteiger partial charge in [-0.2, -0.15) is 10.2 Å². The number of anilines is 1. The molecule has 0 unspecified atom stereocenters. The summed E-state index contributed by atoms with van der Waals surface area (Å²) in [7, 11) is 6.11. The average molecular weight is 338 g/mol. The molecule has 0 saturated carbocycles. The molecule has 0 aliphatic carbocycles. The Morgan fingerprint density at radius 2 is 1.92 bits per heavy atom. The summed E-state index contributed by atoms with van der Waals surface area (Å²) in [5.74, 6) is 1.16. The van der Waals surface area contributed by atoms with Gasteiger partial charge in [-0.3, -0.25) is 4.68 Å². The predicted molar refractivity (Wildman–Crippen MR) is 101 cm³/mol. The highest BCUT2D eigenvalue weighted by Crippen LogP contribution is 2.20. The van der Waals surface area contributed by atoms with Gasteiger partial charge in [0.15, 0.2) is 0 Å². The molecule has 0 atom stereocenters. The van der Waals surface area contributed by atoms with Crippen LogP contribution in [0.15, 0.2) is 42.7 Å². The van der Waals surface area contributed by atoms with Crippen LogP contribution in [0.2, 0.25) is 0 Å². The number of rotatable bonds is 7. The van der Waals surface area contributed by atoms with Gasteiger partial charge in [-0.25, -0.2) is 4.68 Å². The zero-order valence-electron chi connectivity index (χ0n) is 15.4. The molecule has 1 N–H and O–H groups in total. The quantitative estimate of drug-likeness (QED) is 0.672. The molecule has 0 radical (unpaired) electrons. The molecule has 2 aromatic heterocycles. The Kier molecular flexibility index (Phi) is 5.19. The molecule has 0 fully saturated rings. The van der Waals surface area contributed by atoms with Gasteiger partial charge in [0.1, 0.15) is 5.82 Å². The molecule has 6 heteroatoms. The van der Waals surface area contributed by atoms with Crippen LogP contribution in [0.5, 0.6) is 0 Å². The van der Waals surface area contributed by atoms with E-state index in [2.05, 4.69) is 65.7 Å². The summed E-state index contributed by atoms with van der Waals surface area (Å²) < 4.78 is 3.82. The molecule has 3 aromatic rings. The lowest BCUT2D eigenvalue weighted by Crippen LogP contribution is -2.20. The molecule has 3 rings (SSSR count). The molecule has 0 spiro atoms. The Bertz CT molecular complexity index is 799. The van der Waals surface area contributed by atoms with Gasteiger partial charge in [0.2, 0.25) is 0 Å². The molecule has 25 heavy (non-hydrogen) atoms. The van der Waals surface area contributed by atoms with E-state index in [1.54, 1.807) is 6.20 Å². The third-order valence-corrected chi connectivity index (χ3v) is 4.33. The van der Waals surface area contributed by atoms with E-state index in [1.807, 2.05) is 28.7 Å². The van der Waals surface area contributed by atoms with Crippen molar-refractivity contribution in [2.75, 3.05) is 25.5 Å². The van der Waals surface area contributed by atoms with Crippen LogP contribution < -0.4 is 10.2 Å². The predicted octanol–water partition coefficient (Wildman–Crippen LogP) is 2.31. The van der Waals surface area contributed by atoms with Crippen molar-refractivity contribution in [2.45, 2.75) is 19.9 Å².